The van der Waals surface area contributed by atoms with Crippen LogP contribution in [-0.4, -0.2) is 21.3 Å². The Morgan fingerprint density at radius 2 is 2.38 bits per heavy atom. The lowest BCUT2D eigenvalue weighted by molar-refractivity contribution is 0.534. The Hall–Kier alpha value is -1.40. The first-order chi connectivity index (χ1) is 10.1. The van der Waals surface area contributed by atoms with Crippen molar-refractivity contribution < 1.29 is 0 Å². The van der Waals surface area contributed by atoms with E-state index in [-0.39, 0.29) is 11.5 Å². The molecule has 0 radical (unpaired) electrons. The van der Waals surface area contributed by atoms with Crippen molar-refractivity contribution >= 4 is 28.6 Å². The van der Waals surface area contributed by atoms with Crippen LogP contribution in [0.1, 0.15) is 30.7 Å². The second-order valence-electron chi connectivity index (χ2n) is 5.45. The molecule has 0 saturated heterocycles. The highest BCUT2D eigenvalue weighted by Gasteiger charge is 2.23. The second kappa shape index (κ2) is 6.15. The molecule has 0 bridgehead atoms. The van der Waals surface area contributed by atoms with E-state index in [0.29, 0.717) is 29.7 Å². The molecular formula is C14H17ClN4OS. The van der Waals surface area contributed by atoms with Crippen LogP contribution in [0.4, 0.5) is 5.69 Å². The average Bonchev–Trinajstić information content (AvgIpc) is 3.11. The molecule has 0 amide bonds. The lowest BCUT2D eigenvalue weighted by Crippen LogP contribution is -2.27. The van der Waals surface area contributed by atoms with Gasteiger partial charge in [0.1, 0.15) is 5.69 Å². The van der Waals surface area contributed by atoms with Crippen molar-refractivity contribution in [2.24, 2.45) is 5.92 Å². The van der Waals surface area contributed by atoms with Crippen molar-refractivity contribution in [3.05, 3.63) is 38.2 Å². The molecule has 1 aliphatic rings. The maximum Gasteiger partial charge on any atom is 0.291 e. The van der Waals surface area contributed by atoms with Crippen LogP contribution >= 0.6 is 22.9 Å². The largest absolute Gasteiger partial charge is 0.379 e. The van der Waals surface area contributed by atoms with E-state index in [1.54, 1.807) is 23.7 Å². The zero-order chi connectivity index (χ0) is 14.8. The van der Waals surface area contributed by atoms with Crippen molar-refractivity contribution in [3.63, 3.8) is 0 Å². The Balaban J connectivity index is 1.73. The van der Waals surface area contributed by atoms with E-state index >= 15 is 0 Å². The maximum atomic E-state index is 12.4. The van der Waals surface area contributed by atoms with E-state index in [2.05, 4.69) is 22.3 Å². The van der Waals surface area contributed by atoms with Gasteiger partial charge in [0.05, 0.1) is 16.2 Å². The average molecular weight is 325 g/mol. The highest BCUT2D eigenvalue weighted by molar-refractivity contribution is 7.09. The van der Waals surface area contributed by atoms with Crippen LogP contribution in [0.25, 0.3) is 0 Å². The number of anilines is 1. The van der Waals surface area contributed by atoms with Gasteiger partial charge in [0.15, 0.2) is 0 Å². The molecule has 1 atom stereocenters. The van der Waals surface area contributed by atoms with Gasteiger partial charge in [-0.25, -0.2) is 9.67 Å². The summed E-state index contributed by atoms with van der Waals surface area (Å²) in [5.41, 5.74) is 0.302. The Labute approximate surface area is 132 Å². The van der Waals surface area contributed by atoms with Crippen molar-refractivity contribution in [1.29, 1.82) is 0 Å². The molecule has 112 valence electrons. The Morgan fingerprint density at radius 1 is 1.57 bits per heavy atom. The summed E-state index contributed by atoms with van der Waals surface area (Å²) < 4.78 is 1.51. The van der Waals surface area contributed by atoms with Crippen molar-refractivity contribution in [2.45, 2.75) is 32.2 Å². The topological polar surface area (TPSA) is 59.8 Å². The lowest BCUT2D eigenvalue weighted by Gasteiger charge is -2.13. The molecule has 5 nitrogen and oxygen atoms in total. The molecule has 1 unspecified atom stereocenters. The quantitative estimate of drug-likeness (QED) is 0.887. The van der Waals surface area contributed by atoms with E-state index in [9.17, 15) is 4.79 Å². The normalized spacial score (nSPS) is 15.9. The van der Waals surface area contributed by atoms with E-state index in [1.807, 2.05) is 5.38 Å². The molecule has 1 N–H and O–H groups in total. The Bertz CT molecular complexity index is 666. The summed E-state index contributed by atoms with van der Waals surface area (Å²) in [6, 6.07) is 0. The standard InChI is InChI=1S/C14H17ClN4OS/c1-9(13-16-4-5-21-13)6-17-12-11(15)7-18-19(14(12)20)8-10-2-3-10/h4-5,7,9-10,17H,2-3,6,8H2,1H3. The highest BCUT2D eigenvalue weighted by atomic mass is 35.5. The van der Waals surface area contributed by atoms with Gasteiger partial charge in [-0.1, -0.05) is 18.5 Å². The fourth-order valence-electron chi connectivity index (χ4n) is 2.12. The molecule has 21 heavy (non-hydrogen) atoms. The van der Waals surface area contributed by atoms with Crippen molar-refractivity contribution in [1.82, 2.24) is 14.8 Å². The van der Waals surface area contributed by atoms with Crippen LogP contribution in [0.15, 0.2) is 22.6 Å². The van der Waals surface area contributed by atoms with E-state index in [1.165, 1.54) is 17.5 Å². The number of halogens is 1. The first kappa shape index (κ1) is 14.5. The molecule has 2 heterocycles. The third kappa shape index (κ3) is 3.44. The number of nitrogens with one attached hydrogen (secondary N) is 1. The molecule has 0 aliphatic heterocycles. The monoisotopic (exact) mass is 324 g/mol. The van der Waals surface area contributed by atoms with Crippen LogP contribution < -0.4 is 10.9 Å². The zero-order valence-electron chi connectivity index (χ0n) is 11.8. The third-order valence-corrected chi connectivity index (χ3v) is 4.88. The van der Waals surface area contributed by atoms with E-state index < -0.39 is 0 Å². The summed E-state index contributed by atoms with van der Waals surface area (Å²) in [5.74, 6) is 0.823. The second-order valence-corrected chi connectivity index (χ2v) is 6.78. The zero-order valence-corrected chi connectivity index (χ0v) is 13.3. The van der Waals surface area contributed by atoms with Crippen LogP contribution in [-0.2, 0) is 6.54 Å². The molecule has 2 aromatic heterocycles. The molecule has 1 saturated carbocycles. The van der Waals surface area contributed by atoms with Gasteiger partial charge in [0, 0.05) is 30.6 Å². The van der Waals surface area contributed by atoms with Crippen LogP contribution in [0.3, 0.4) is 0 Å². The third-order valence-electron chi connectivity index (χ3n) is 3.58. The van der Waals surface area contributed by atoms with Crippen molar-refractivity contribution in [2.75, 3.05) is 11.9 Å². The molecule has 7 heteroatoms. The van der Waals surface area contributed by atoms with Gasteiger partial charge in [-0.15, -0.1) is 11.3 Å². The number of aromatic nitrogens is 3. The van der Waals surface area contributed by atoms with Gasteiger partial charge in [-0.3, -0.25) is 4.79 Å². The number of hydrogen-bond donors (Lipinski definition) is 1. The summed E-state index contributed by atoms with van der Waals surface area (Å²) >= 11 is 7.73. The highest BCUT2D eigenvalue weighted by Crippen LogP contribution is 2.30. The number of hydrogen-bond acceptors (Lipinski definition) is 5. The summed E-state index contributed by atoms with van der Waals surface area (Å²) in [6.45, 7) is 3.38. The summed E-state index contributed by atoms with van der Waals surface area (Å²) in [7, 11) is 0. The van der Waals surface area contributed by atoms with E-state index in [0.717, 1.165) is 5.01 Å². The minimum absolute atomic E-state index is 0.138. The van der Waals surface area contributed by atoms with Crippen LogP contribution in [0.2, 0.25) is 5.02 Å². The predicted octanol–water partition coefficient (Wildman–Crippen LogP) is 2.98. The summed E-state index contributed by atoms with van der Waals surface area (Å²) in [4.78, 5) is 16.7. The Kier molecular flexibility index (Phi) is 4.26. The molecular weight excluding hydrogens is 308 g/mol. The van der Waals surface area contributed by atoms with Gasteiger partial charge in [-0.05, 0) is 18.8 Å². The van der Waals surface area contributed by atoms with E-state index in [4.69, 9.17) is 11.6 Å². The smallest absolute Gasteiger partial charge is 0.291 e. The molecule has 2 aromatic rings. The lowest BCUT2D eigenvalue weighted by atomic mass is 10.2. The van der Waals surface area contributed by atoms with Gasteiger partial charge in [0.2, 0.25) is 0 Å². The van der Waals surface area contributed by atoms with Crippen LogP contribution in [0.5, 0.6) is 0 Å². The number of rotatable bonds is 6. The summed E-state index contributed by atoms with van der Waals surface area (Å²) in [5, 5.41) is 10.7. The predicted molar refractivity (Wildman–Crippen MR) is 85.2 cm³/mol. The van der Waals surface area contributed by atoms with Gasteiger partial charge < -0.3 is 5.32 Å². The fourth-order valence-corrected chi connectivity index (χ4v) is 3.01. The number of nitrogens with zero attached hydrogens (tertiary/aromatic N) is 3. The van der Waals surface area contributed by atoms with Crippen LogP contribution in [0, 0.1) is 5.92 Å². The number of thiazole rings is 1. The SMILES string of the molecule is CC(CNc1c(Cl)cnn(CC2CC2)c1=O)c1nccs1. The minimum Gasteiger partial charge on any atom is -0.379 e. The molecule has 3 rings (SSSR count). The van der Waals surface area contributed by atoms with Gasteiger partial charge in [0.25, 0.3) is 5.56 Å². The molecule has 1 fully saturated rings. The first-order valence-corrected chi connectivity index (χ1v) is 8.29. The minimum atomic E-state index is -0.138. The molecule has 1 aliphatic carbocycles. The van der Waals surface area contributed by atoms with Gasteiger partial charge >= 0.3 is 0 Å². The van der Waals surface area contributed by atoms with Crippen molar-refractivity contribution in [3.8, 4) is 0 Å². The molecule has 0 aromatic carbocycles. The summed E-state index contributed by atoms with van der Waals surface area (Å²) in [6.07, 6.45) is 5.70. The fraction of sp³-hybridized carbons (Fsp3) is 0.500. The van der Waals surface area contributed by atoms with Gasteiger partial charge in [-0.2, -0.15) is 5.10 Å². The Morgan fingerprint density at radius 3 is 3.05 bits per heavy atom. The maximum absolute atomic E-state index is 12.4. The first-order valence-electron chi connectivity index (χ1n) is 7.04. The molecule has 0 spiro atoms.